The van der Waals surface area contributed by atoms with Gasteiger partial charge in [-0.3, -0.25) is 0 Å². The third-order valence-electron chi connectivity index (χ3n) is 4.63. The first-order chi connectivity index (χ1) is 5.83. The molecule has 1 saturated heterocycles. The van der Waals surface area contributed by atoms with E-state index in [-0.39, 0.29) is 0 Å². The van der Waals surface area contributed by atoms with Crippen molar-refractivity contribution in [2.24, 2.45) is 17.3 Å². The fourth-order valence-electron chi connectivity index (χ4n) is 2.51. The van der Waals surface area contributed by atoms with Gasteiger partial charge in [0.05, 0.1) is 0 Å². The summed E-state index contributed by atoms with van der Waals surface area (Å²) < 4.78 is 0. The van der Waals surface area contributed by atoms with Crippen LogP contribution in [0.3, 0.4) is 0 Å². The molecule has 0 radical (unpaired) electrons. The minimum absolute atomic E-state index is 0.293. The van der Waals surface area contributed by atoms with E-state index in [0.29, 0.717) is 11.0 Å². The van der Waals surface area contributed by atoms with E-state index >= 15 is 0 Å². The maximum atomic E-state index is 3.65. The Morgan fingerprint density at radius 1 is 1.31 bits per heavy atom. The van der Waals surface area contributed by atoms with E-state index in [9.17, 15) is 0 Å². The standard InChI is InChI=1S/C12H25N/c1-7-9(2)10-8-13-12(5,6)11(10,3)4/h9-10,13H,7-8H2,1-6H3. The summed E-state index contributed by atoms with van der Waals surface area (Å²) >= 11 is 0. The maximum absolute atomic E-state index is 3.65. The molecule has 1 fully saturated rings. The molecule has 0 amide bonds. The molecular formula is C12H25N. The molecule has 1 N–H and O–H groups in total. The number of hydrogen-bond acceptors (Lipinski definition) is 1. The molecule has 0 bridgehead atoms. The number of rotatable bonds is 2. The first-order valence-electron chi connectivity index (χ1n) is 5.58. The van der Waals surface area contributed by atoms with Gasteiger partial charge in [0.25, 0.3) is 0 Å². The molecule has 2 unspecified atom stereocenters. The van der Waals surface area contributed by atoms with Crippen LogP contribution < -0.4 is 5.32 Å². The molecule has 1 aliphatic rings. The summed E-state index contributed by atoms with van der Waals surface area (Å²) in [4.78, 5) is 0. The molecule has 1 rings (SSSR count). The van der Waals surface area contributed by atoms with Crippen molar-refractivity contribution in [3.8, 4) is 0 Å². The smallest absolute Gasteiger partial charge is 0.0179 e. The van der Waals surface area contributed by atoms with Crippen LogP contribution in [0.15, 0.2) is 0 Å². The largest absolute Gasteiger partial charge is 0.311 e. The summed E-state index contributed by atoms with van der Waals surface area (Å²) in [6.07, 6.45) is 1.30. The Bertz CT molecular complexity index is 182. The Morgan fingerprint density at radius 2 is 1.85 bits per heavy atom. The Labute approximate surface area is 83.3 Å². The predicted molar refractivity (Wildman–Crippen MR) is 58.8 cm³/mol. The van der Waals surface area contributed by atoms with Crippen LogP contribution in [0.5, 0.6) is 0 Å². The first-order valence-corrected chi connectivity index (χ1v) is 5.58. The van der Waals surface area contributed by atoms with Gasteiger partial charge in [-0.2, -0.15) is 0 Å². The highest BCUT2D eigenvalue weighted by atomic mass is 15.0. The van der Waals surface area contributed by atoms with Crippen molar-refractivity contribution in [3.63, 3.8) is 0 Å². The Balaban J connectivity index is 2.82. The van der Waals surface area contributed by atoms with Crippen molar-refractivity contribution < 1.29 is 0 Å². The van der Waals surface area contributed by atoms with E-state index in [1.807, 2.05) is 0 Å². The van der Waals surface area contributed by atoms with E-state index < -0.39 is 0 Å². The van der Waals surface area contributed by atoms with Crippen molar-refractivity contribution in [2.75, 3.05) is 6.54 Å². The topological polar surface area (TPSA) is 12.0 Å². The van der Waals surface area contributed by atoms with Crippen LogP contribution in [0.25, 0.3) is 0 Å². The minimum Gasteiger partial charge on any atom is -0.311 e. The van der Waals surface area contributed by atoms with E-state index in [2.05, 4.69) is 46.9 Å². The highest BCUT2D eigenvalue weighted by molar-refractivity contribution is 5.04. The second kappa shape index (κ2) is 3.27. The lowest BCUT2D eigenvalue weighted by molar-refractivity contribution is 0.128. The normalized spacial score (nSPS) is 33.2. The van der Waals surface area contributed by atoms with Gasteiger partial charge in [-0.15, -0.1) is 0 Å². The first kappa shape index (κ1) is 11.0. The molecule has 0 aromatic rings. The van der Waals surface area contributed by atoms with Gasteiger partial charge in [-0.1, -0.05) is 34.1 Å². The van der Waals surface area contributed by atoms with Crippen LogP contribution >= 0.6 is 0 Å². The molecule has 0 aliphatic carbocycles. The quantitative estimate of drug-likeness (QED) is 0.694. The molecule has 1 nitrogen and oxygen atoms in total. The maximum Gasteiger partial charge on any atom is 0.0179 e. The third kappa shape index (κ3) is 1.63. The van der Waals surface area contributed by atoms with Gasteiger partial charge in [0.1, 0.15) is 0 Å². The zero-order valence-corrected chi connectivity index (χ0v) is 10.1. The van der Waals surface area contributed by atoms with Gasteiger partial charge in [-0.05, 0) is 37.6 Å². The summed E-state index contributed by atoms with van der Waals surface area (Å²) in [5.74, 6) is 1.66. The lowest BCUT2D eigenvalue weighted by atomic mass is 9.65. The van der Waals surface area contributed by atoms with Crippen LogP contribution in [0.4, 0.5) is 0 Å². The zero-order valence-electron chi connectivity index (χ0n) is 10.1. The molecule has 0 aromatic carbocycles. The van der Waals surface area contributed by atoms with Gasteiger partial charge in [-0.25, -0.2) is 0 Å². The van der Waals surface area contributed by atoms with Crippen LogP contribution in [0.2, 0.25) is 0 Å². The molecule has 0 saturated carbocycles. The SMILES string of the molecule is CCC(C)C1CNC(C)(C)C1(C)C. The summed E-state index contributed by atoms with van der Waals surface area (Å²) in [5.41, 5.74) is 0.712. The lowest BCUT2D eigenvalue weighted by Crippen LogP contribution is -2.45. The zero-order chi connectivity index (χ0) is 10.3. The van der Waals surface area contributed by atoms with Gasteiger partial charge in [0, 0.05) is 5.54 Å². The fraction of sp³-hybridized carbons (Fsp3) is 1.00. The van der Waals surface area contributed by atoms with Crippen molar-refractivity contribution in [3.05, 3.63) is 0 Å². The van der Waals surface area contributed by atoms with Crippen LogP contribution in [0, 0.1) is 17.3 Å². The van der Waals surface area contributed by atoms with E-state index in [4.69, 9.17) is 0 Å². The van der Waals surface area contributed by atoms with Crippen molar-refractivity contribution in [1.82, 2.24) is 5.32 Å². The average molecular weight is 183 g/mol. The third-order valence-corrected chi connectivity index (χ3v) is 4.63. The van der Waals surface area contributed by atoms with Gasteiger partial charge in [0.15, 0.2) is 0 Å². The van der Waals surface area contributed by atoms with Gasteiger partial charge in [0.2, 0.25) is 0 Å². The monoisotopic (exact) mass is 183 g/mol. The van der Waals surface area contributed by atoms with E-state index in [0.717, 1.165) is 11.8 Å². The van der Waals surface area contributed by atoms with Gasteiger partial charge >= 0.3 is 0 Å². The van der Waals surface area contributed by atoms with Crippen molar-refractivity contribution in [1.29, 1.82) is 0 Å². The summed E-state index contributed by atoms with van der Waals surface area (Å²) in [6, 6.07) is 0. The molecule has 13 heavy (non-hydrogen) atoms. The number of hydrogen-bond donors (Lipinski definition) is 1. The Hall–Kier alpha value is -0.0400. The summed E-state index contributed by atoms with van der Waals surface area (Å²) in [7, 11) is 0. The number of nitrogens with one attached hydrogen (secondary N) is 1. The van der Waals surface area contributed by atoms with Crippen molar-refractivity contribution >= 4 is 0 Å². The Morgan fingerprint density at radius 3 is 2.15 bits per heavy atom. The van der Waals surface area contributed by atoms with Crippen molar-refractivity contribution in [2.45, 2.75) is 53.5 Å². The second-order valence-electron chi connectivity index (χ2n) is 5.72. The summed E-state index contributed by atoms with van der Waals surface area (Å²) in [6.45, 7) is 15.3. The molecule has 0 aromatic heterocycles. The highest BCUT2D eigenvalue weighted by Gasteiger charge is 2.49. The molecule has 78 valence electrons. The van der Waals surface area contributed by atoms with Crippen LogP contribution in [-0.4, -0.2) is 12.1 Å². The van der Waals surface area contributed by atoms with E-state index in [1.54, 1.807) is 0 Å². The lowest BCUT2D eigenvalue weighted by Gasteiger charge is -2.40. The molecule has 0 spiro atoms. The fourth-order valence-corrected chi connectivity index (χ4v) is 2.51. The average Bonchev–Trinajstić information content (AvgIpc) is 2.22. The minimum atomic E-state index is 0.293. The van der Waals surface area contributed by atoms with Gasteiger partial charge < -0.3 is 5.32 Å². The van der Waals surface area contributed by atoms with Crippen LogP contribution in [-0.2, 0) is 0 Å². The van der Waals surface area contributed by atoms with E-state index in [1.165, 1.54) is 13.0 Å². The molecule has 1 heteroatoms. The Kier molecular flexibility index (Phi) is 2.78. The second-order valence-corrected chi connectivity index (χ2v) is 5.72. The molecule has 1 aliphatic heterocycles. The molecule has 2 atom stereocenters. The molecular weight excluding hydrogens is 158 g/mol. The predicted octanol–water partition coefficient (Wildman–Crippen LogP) is 3.06. The highest BCUT2D eigenvalue weighted by Crippen LogP contribution is 2.46. The molecule has 1 heterocycles. The summed E-state index contributed by atoms with van der Waals surface area (Å²) in [5, 5.41) is 3.65. The van der Waals surface area contributed by atoms with Crippen LogP contribution in [0.1, 0.15) is 48.0 Å².